The fourth-order valence-electron chi connectivity index (χ4n) is 3.95. The van der Waals surface area contributed by atoms with Crippen LogP contribution in [0.15, 0.2) is 12.1 Å². The molecule has 1 N–H and O–H groups in total. The van der Waals surface area contributed by atoms with Gasteiger partial charge in [0.15, 0.2) is 6.10 Å². The number of ether oxygens (including phenoxy) is 2. The zero-order valence-electron chi connectivity index (χ0n) is 17.0. The Morgan fingerprint density at radius 3 is 2.62 bits per heavy atom. The van der Waals surface area contributed by atoms with Crippen LogP contribution < -0.4 is 10.1 Å². The van der Waals surface area contributed by atoms with Gasteiger partial charge in [-0.1, -0.05) is 24.4 Å². The molecular weight excluding hydrogens is 396 g/mol. The van der Waals surface area contributed by atoms with Gasteiger partial charge in [0.2, 0.25) is 5.91 Å². The summed E-state index contributed by atoms with van der Waals surface area (Å²) >= 11 is 6.08. The van der Waals surface area contributed by atoms with Crippen LogP contribution in [0.2, 0.25) is 5.02 Å². The second-order valence-electron chi connectivity index (χ2n) is 7.76. The van der Waals surface area contributed by atoms with Crippen LogP contribution in [0.5, 0.6) is 5.75 Å². The van der Waals surface area contributed by atoms with Crippen molar-refractivity contribution >= 4 is 35.1 Å². The summed E-state index contributed by atoms with van der Waals surface area (Å²) in [6.45, 7) is 3.70. The normalized spacial score (nSPS) is 20.6. The number of esters is 1. The number of benzene rings is 1. The number of amides is 2. The van der Waals surface area contributed by atoms with Gasteiger partial charge in [0.25, 0.3) is 5.91 Å². The number of rotatable bonds is 6. The van der Waals surface area contributed by atoms with Crippen molar-refractivity contribution in [1.29, 1.82) is 0 Å². The number of aryl methyl sites for hydroxylation is 1. The van der Waals surface area contributed by atoms with E-state index in [1.54, 1.807) is 12.1 Å². The van der Waals surface area contributed by atoms with Crippen LogP contribution in [0.3, 0.4) is 0 Å². The van der Waals surface area contributed by atoms with Gasteiger partial charge < -0.3 is 19.7 Å². The number of methoxy groups -OCH3 is 1. The highest BCUT2D eigenvalue weighted by molar-refractivity contribution is 6.31. The first kappa shape index (κ1) is 21.4. The Morgan fingerprint density at radius 1 is 1.28 bits per heavy atom. The fraction of sp³-hybridized carbons (Fsp3) is 0.571. The number of halogens is 1. The molecule has 158 valence electrons. The minimum Gasteiger partial charge on any atom is -0.495 e. The second kappa shape index (κ2) is 9.03. The van der Waals surface area contributed by atoms with Crippen LogP contribution in [0.25, 0.3) is 0 Å². The molecule has 1 aromatic rings. The number of anilines is 1. The Balaban J connectivity index is 1.58. The largest absolute Gasteiger partial charge is 0.495 e. The van der Waals surface area contributed by atoms with Gasteiger partial charge in [0.05, 0.1) is 18.7 Å². The first-order valence-electron chi connectivity index (χ1n) is 9.95. The number of carbonyl (C=O) groups is 3. The predicted molar refractivity (Wildman–Crippen MR) is 109 cm³/mol. The quantitative estimate of drug-likeness (QED) is 0.711. The van der Waals surface area contributed by atoms with Crippen LogP contribution in [0.4, 0.5) is 5.69 Å². The molecule has 2 atom stereocenters. The predicted octanol–water partition coefficient (Wildman–Crippen LogP) is 3.32. The molecule has 7 nitrogen and oxygen atoms in total. The highest BCUT2D eigenvalue weighted by Gasteiger charge is 2.40. The molecule has 0 aromatic heterocycles. The van der Waals surface area contributed by atoms with E-state index in [0.717, 1.165) is 31.2 Å². The van der Waals surface area contributed by atoms with Gasteiger partial charge in [-0.2, -0.15) is 0 Å². The molecule has 1 heterocycles. The maximum Gasteiger partial charge on any atom is 0.312 e. The molecule has 2 fully saturated rings. The van der Waals surface area contributed by atoms with E-state index in [-0.39, 0.29) is 18.4 Å². The molecule has 0 unspecified atom stereocenters. The van der Waals surface area contributed by atoms with Gasteiger partial charge in [0.1, 0.15) is 5.75 Å². The molecule has 0 spiro atoms. The average molecular weight is 423 g/mol. The van der Waals surface area contributed by atoms with E-state index in [1.165, 1.54) is 14.0 Å². The number of nitrogens with one attached hydrogen (secondary N) is 1. The summed E-state index contributed by atoms with van der Waals surface area (Å²) in [5, 5.41) is 3.24. The van der Waals surface area contributed by atoms with Crippen molar-refractivity contribution in [1.82, 2.24) is 4.90 Å². The zero-order valence-corrected chi connectivity index (χ0v) is 17.8. The molecule has 1 saturated heterocycles. The first-order valence-corrected chi connectivity index (χ1v) is 10.3. The highest BCUT2D eigenvalue weighted by Crippen LogP contribution is 2.32. The number of likely N-dealkylation sites (tertiary alicyclic amines) is 1. The average Bonchev–Trinajstić information content (AvgIpc) is 3.33. The van der Waals surface area contributed by atoms with E-state index < -0.39 is 23.9 Å². The van der Waals surface area contributed by atoms with Crippen LogP contribution >= 0.6 is 11.6 Å². The minimum absolute atomic E-state index is 0.00247. The number of hydrogen-bond acceptors (Lipinski definition) is 5. The third-order valence-corrected chi connectivity index (χ3v) is 6.07. The highest BCUT2D eigenvalue weighted by atomic mass is 35.5. The van der Waals surface area contributed by atoms with Gasteiger partial charge >= 0.3 is 5.97 Å². The summed E-state index contributed by atoms with van der Waals surface area (Å²) in [4.78, 5) is 39.1. The lowest BCUT2D eigenvalue weighted by atomic mass is 10.1. The summed E-state index contributed by atoms with van der Waals surface area (Å²) in [6, 6.07) is 3.55. The number of nitrogens with zero attached hydrogens (tertiary/aromatic N) is 1. The molecule has 0 bridgehead atoms. The van der Waals surface area contributed by atoms with Crippen molar-refractivity contribution in [3.63, 3.8) is 0 Å². The van der Waals surface area contributed by atoms with Crippen molar-refractivity contribution in [2.24, 2.45) is 5.92 Å². The first-order chi connectivity index (χ1) is 13.8. The van der Waals surface area contributed by atoms with E-state index in [4.69, 9.17) is 21.1 Å². The summed E-state index contributed by atoms with van der Waals surface area (Å²) < 4.78 is 10.6. The van der Waals surface area contributed by atoms with Crippen LogP contribution in [0.1, 0.15) is 44.6 Å². The Labute approximate surface area is 175 Å². The molecule has 1 aliphatic heterocycles. The van der Waals surface area contributed by atoms with E-state index in [2.05, 4.69) is 5.32 Å². The topological polar surface area (TPSA) is 84.9 Å². The van der Waals surface area contributed by atoms with Crippen molar-refractivity contribution in [3.05, 3.63) is 22.7 Å². The molecule has 2 aliphatic rings. The minimum atomic E-state index is -1.00. The SMILES string of the molecule is COc1cc(Cl)c(C)cc1NC(=O)[C@H](C)OC(=O)[C@H]1CC(=O)N(C2CCCC2)C1. The standard InChI is InChI=1S/C21H27ClN2O5/c1-12-8-17(18(28-3)10-16(12)22)23-20(26)13(2)29-21(27)14-9-19(25)24(11-14)15-6-4-5-7-15/h8,10,13-15H,4-7,9,11H2,1-3H3,(H,23,26)/t13-,14-/m0/s1. The molecule has 0 radical (unpaired) electrons. The lowest BCUT2D eigenvalue weighted by Crippen LogP contribution is -2.36. The smallest absolute Gasteiger partial charge is 0.312 e. The van der Waals surface area contributed by atoms with E-state index in [1.807, 2.05) is 11.8 Å². The Morgan fingerprint density at radius 2 is 1.97 bits per heavy atom. The van der Waals surface area contributed by atoms with Crippen LogP contribution in [-0.4, -0.2) is 48.5 Å². The lowest BCUT2D eigenvalue weighted by Gasteiger charge is -2.24. The molecule has 3 rings (SSSR count). The van der Waals surface area contributed by atoms with Crippen LogP contribution in [-0.2, 0) is 19.1 Å². The molecule has 1 aromatic carbocycles. The monoisotopic (exact) mass is 422 g/mol. The Bertz CT molecular complexity index is 807. The van der Waals surface area contributed by atoms with Crippen molar-refractivity contribution < 1.29 is 23.9 Å². The zero-order chi connectivity index (χ0) is 21.1. The number of hydrogen-bond donors (Lipinski definition) is 1. The van der Waals surface area contributed by atoms with Crippen LogP contribution in [0, 0.1) is 12.8 Å². The van der Waals surface area contributed by atoms with Gasteiger partial charge in [-0.25, -0.2) is 0 Å². The third kappa shape index (κ3) is 4.83. The van der Waals surface area contributed by atoms with E-state index in [0.29, 0.717) is 23.0 Å². The second-order valence-corrected chi connectivity index (χ2v) is 8.16. The van der Waals surface area contributed by atoms with Gasteiger partial charge in [0, 0.05) is 30.1 Å². The molecule has 2 amide bonds. The fourth-order valence-corrected chi connectivity index (χ4v) is 4.10. The van der Waals surface area contributed by atoms with Gasteiger partial charge in [-0.3, -0.25) is 14.4 Å². The van der Waals surface area contributed by atoms with Gasteiger partial charge in [-0.15, -0.1) is 0 Å². The summed E-state index contributed by atoms with van der Waals surface area (Å²) in [5.74, 6) is -1.10. The Hall–Kier alpha value is -2.28. The maximum atomic E-state index is 12.5. The number of carbonyl (C=O) groups excluding carboxylic acids is 3. The van der Waals surface area contributed by atoms with E-state index >= 15 is 0 Å². The molecule has 1 aliphatic carbocycles. The molecule has 1 saturated carbocycles. The molecular formula is C21H27ClN2O5. The van der Waals surface area contributed by atoms with Crippen molar-refractivity contribution in [3.8, 4) is 5.75 Å². The van der Waals surface area contributed by atoms with Crippen molar-refractivity contribution in [2.45, 2.75) is 58.1 Å². The van der Waals surface area contributed by atoms with Crippen molar-refractivity contribution in [2.75, 3.05) is 19.0 Å². The molecule has 29 heavy (non-hydrogen) atoms. The summed E-state index contributed by atoms with van der Waals surface area (Å²) in [5.41, 5.74) is 1.23. The molecule has 8 heteroatoms. The maximum absolute atomic E-state index is 12.5. The Kier molecular flexibility index (Phi) is 6.67. The summed E-state index contributed by atoms with van der Waals surface area (Å²) in [6.07, 6.45) is 3.37. The van der Waals surface area contributed by atoms with Gasteiger partial charge in [-0.05, 0) is 38.3 Å². The lowest BCUT2D eigenvalue weighted by molar-refractivity contribution is -0.157. The summed E-state index contributed by atoms with van der Waals surface area (Å²) in [7, 11) is 1.48. The third-order valence-electron chi connectivity index (χ3n) is 5.66. The van der Waals surface area contributed by atoms with E-state index in [9.17, 15) is 14.4 Å².